The normalized spacial score (nSPS) is 12.7. The van der Waals surface area contributed by atoms with Gasteiger partial charge in [-0.3, -0.25) is 0 Å². The molecule has 0 amide bonds. The van der Waals surface area contributed by atoms with Crippen LogP contribution in [0.15, 0.2) is 36.4 Å². The summed E-state index contributed by atoms with van der Waals surface area (Å²) in [4.78, 5) is 3.02. The molecule has 0 radical (unpaired) electrons. The van der Waals surface area contributed by atoms with E-state index in [0.717, 1.165) is 0 Å². The van der Waals surface area contributed by atoms with Gasteiger partial charge in [-0.05, 0) is 13.0 Å². The number of nitrogens with one attached hydrogen (secondary N) is 2. The van der Waals surface area contributed by atoms with Gasteiger partial charge in [-0.2, -0.15) is 13.2 Å². The van der Waals surface area contributed by atoms with Crippen LogP contribution in [0.25, 0.3) is 10.9 Å². The first-order valence-corrected chi connectivity index (χ1v) is 8.50. The first-order chi connectivity index (χ1) is 13.3. The Kier molecular flexibility index (Phi) is 5.31. The van der Waals surface area contributed by atoms with Crippen molar-refractivity contribution in [2.75, 3.05) is 26.6 Å². The van der Waals surface area contributed by atoms with Crippen molar-refractivity contribution in [1.82, 2.24) is 4.98 Å². The van der Waals surface area contributed by atoms with E-state index in [1.807, 2.05) is 0 Å². The maximum absolute atomic E-state index is 14.0. The van der Waals surface area contributed by atoms with Crippen LogP contribution in [0.5, 0.6) is 17.2 Å². The number of hydrogen-bond donors (Lipinski definition) is 2. The van der Waals surface area contributed by atoms with Crippen LogP contribution in [0.3, 0.4) is 0 Å². The number of hydrogen-bond acceptors (Lipinski definition) is 4. The zero-order chi connectivity index (χ0) is 20.5. The molecule has 2 N–H and O–H groups in total. The van der Waals surface area contributed by atoms with Crippen LogP contribution in [-0.4, -0.2) is 32.5 Å². The smallest absolute Gasteiger partial charge is 0.412 e. The quantitative estimate of drug-likeness (QED) is 0.602. The second-order valence-electron chi connectivity index (χ2n) is 6.24. The molecule has 0 saturated heterocycles. The molecule has 1 atom stereocenters. The summed E-state index contributed by atoms with van der Waals surface area (Å²) in [5.41, 5.74) is 1.44. The molecule has 0 aliphatic carbocycles. The molecule has 0 aliphatic heterocycles. The van der Waals surface area contributed by atoms with Crippen LogP contribution in [0.1, 0.15) is 17.3 Å². The van der Waals surface area contributed by atoms with Crippen molar-refractivity contribution < 1.29 is 27.4 Å². The third kappa shape index (κ3) is 3.54. The van der Waals surface area contributed by atoms with Crippen molar-refractivity contribution in [3.8, 4) is 17.2 Å². The fourth-order valence-electron chi connectivity index (χ4n) is 3.32. The molecule has 0 saturated carbocycles. The molecule has 28 heavy (non-hydrogen) atoms. The molecule has 150 valence electrons. The summed E-state index contributed by atoms with van der Waals surface area (Å²) >= 11 is 0. The van der Waals surface area contributed by atoms with Crippen molar-refractivity contribution in [2.45, 2.75) is 19.1 Å². The van der Waals surface area contributed by atoms with E-state index < -0.39 is 12.2 Å². The Labute approximate surface area is 160 Å². The van der Waals surface area contributed by atoms with Crippen molar-refractivity contribution in [2.24, 2.45) is 0 Å². The van der Waals surface area contributed by atoms with Crippen molar-refractivity contribution in [1.29, 1.82) is 0 Å². The van der Waals surface area contributed by atoms with Crippen LogP contribution in [0, 0.1) is 6.92 Å². The number of fused-ring (bicyclic) bond motifs is 1. The minimum Gasteiger partial charge on any atom is -0.493 e. The first kappa shape index (κ1) is 19.7. The molecular formula is C20H21F3N2O3. The van der Waals surface area contributed by atoms with Gasteiger partial charge in [-0.25, -0.2) is 0 Å². The summed E-state index contributed by atoms with van der Waals surface area (Å²) < 4.78 is 57.8. The number of aromatic nitrogens is 1. The number of benzene rings is 2. The second kappa shape index (κ2) is 7.53. The molecule has 0 fully saturated rings. The molecule has 2 aromatic carbocycles. The Bertz CT molecular complexity index is 957. The number of anilines is 1. The van der Waals surface area contributed by atoms with Gasteiger partial charge in [0, 0.05) is 40.0 Å². The molecule has 0 unspecified atom stereocenters. The van der Waals surface area contributed by atoms with Crippen LogP contribution in [0.2, 0.25) is 0 Å². The lowest BCUT2D eigenvalue weighted by atomic mass is 10.0. The highest BCUT2D eigenvalue weighted by Gasteiger charge is 2.43. The number of ether oxygens (including phenoxy) is 3. The SMILES string of the molecule is COc1cc(N[C@H](c2c(C)[nH]c3ccccc23)C(F)(F)F)cc(OC)c1OC. The molecule has 0 aliphatic rings. The highest BCUT2D eigenvalue weighted by atomic mass is 19.4. The summed E-state index contributed by atoms with van der Waals surface area (Å²) in [6.07, 6.45) is -4.53. The van der Waals surface area contributed by atoms with E-state index in [2.05, 4.69) is 10.3 Å². The third-order valence-corrected chi connectivity index (χ3v) is 4.54. The van der Waals surface area contributed by atoms with Crippen LogP contribution >= 0.6 is 0 Å². The number of methoxy groups -OCH3 is 3. The summed E-state index contributed by atoms with van der Waals surface area (Å²) in [5.74, 6) is 0.837. The van der Waals surface area contributed by atoms with Crippen LogP contribution < -0.4 is 19.5 Å². The van der Waals surface area contributed by atoms with Gasteiger partial charge in [0.1, 0.15) is 0 Å². The maximum Gasteiger partial charge on any atom is 0.412 e. The Hall–Kier alpha value is -3.03. The third-order valence-electron chi connectivity index (χ3n) is 4.54. The predicted octanol–water partition coefficient (Wildman–Crippen LogP) is 5.22. The highest BCUT2D eigenvalue weighted by Crippen LogP contribution is 2.44. The van der Waals surface area contributed by atoms with Gasteiger partial charge in [-0.15, -0.1) is 0 Å². The Morgan fingerprint density at radius 1 is 0.964 bits per heavy atom. The number of aromatic amines is 1. The Morgan fingerprint density at radius 2 is 1.57 bits per heavy atom. The van der Waals surface area contributed by atoms with Gasteiger partial charge < -0.3 is 24.5 Å². The summed E-state index contributed by atoms with van der Waals surface area (Å²) in [6, 6.07) is 7.88. The van der Waals surface area contributed by atoms with Crippen LogP contribution in [0.4, 0.5) is 18.9 Å². The molecule has 5 nitrogen and oxygen atoms in total. The molecule has 8 heteroatoms. The zero-order valence-electron chi connectivity index (χ0n) is 15.9. The fraction of sp³-hybridized carbons (Fsp3) is 0.300. The van der Waals surface area contributed by atoms with Crippen molar-refractivity contribution in [3.63, 3.8) is 0 Å². The second-order valence-corrected chi connectivity index (χ2v) is 6.24. The number of H-pyrrole nitrogens is 1. The molecule has 1 heterocycles. The van der Waals surface area contributed by atoms with Gasteiger partial charge in [-0.1, -0.05) is 18.2 Å². The van der Waals surface area contributed by atoms with Gasteiger partial charge in [0.2, 0.25) is 5.75 Å². The Morgan fingerprint density at radius 3 is 2.11 bits per heavy atom. The average Bonchev–Trinajstić information content (AvgIpc) is 2.99. The topological polar surface area (TPSA) is 55.5 Å². The van der Waals surface area contributed by atoms with E-state index in [4.69, 9.17) is 14.2 Å². The molecule has 1 aromatic heterocycles. The molecule has 0 spiro atoms. The summed E-state index contributed by atoms with van der Waals surface area (Å²) in [6.45, 7) is 1.63. The number of rotatable bonds is 6. The van der Waals surface area contributed by atoms with E-state index in [1.54, 1.807) is 31.2 Å². The van der Waals surface area contributed by atoms with E-state index in [-0.39, 0.29) is 22.7 Å². The largest absolute Gasteiger partial charge is 0.493 e. The number of alkyl halides is 3. The minimum absolute atomic E-state index is 0.150. The lowest BCUT2D eigenvalue weighted by Crippen LogP contribution is -2.28. The lowest BCUT2D eigenvalue weighted by molar-refractivity contribution is -0.143. The highest BCUT2D eigenvalue weighted by molar-refractivity contribution is 5.85. The van der Waals surface area contributed by atoms with Gasteiger partial charge in [0.25, 0.3) is 0 Å². The molecular weight excluding hydrogens is 373 g/mol. The summed E-state index contributed by atoms with van der Waals surface area (Å²) in [5, 5.41) is 3.11. The standard InChI is InChI=1S/C20H21F3N2O3/c1-11-17(13-7-5-6-8-14(13)24-11)19(20(21,22)23)25-12-9-15(26-2)18(28-4)16(10-12)27-3/h5-10,19,24-25H,1-4H3/t19-/m1/s1. The predicted molar refractivity (Wildman–Crippen MR) is 102 cm³/mol. The number of aryl methyl sites for hydroxylation is 1. The molecule has 3 aromatic rings. The minimum atomic E-state index is -4.53. The molecule has 3 rings (SSSR count). The average molecular weight is 394 g/mol. The van der Waals surface area contributed by atoms with Gasteiger partial charge >= 0.3 is 6.18 Å². The maximum atomic E-state index is 14.0. The van der Waals surface area contributed by atoms with Gasteiger partial charge in [0.05, 0.1) is 21.3 Å². The Balaban J connectivity index is 2.12. The monoisotopic (exact) mass is 394 g/mol. The van der Waals surface area contributed by atoms with E-state index in [1.165, 1.54) is 33.5 Å². The first-order valence-electron chi connectivity index (χ1n) is 8.50. The van der Waals surface area contributed by atoms with Gasteiger partial charge in [0.15, 0.2) is 17.5 Å². The van der Waals surface area contributed by atoms with E-state index in [9.17, 15) is 13.2 Å². The fourth-order valence-corrected chi connectivity index (χ4v) is 3.32. The number of halogens is 3. The molecule has 0 bridgehead atoms. The van der Waals surface area contributed by atoms with E-state index in [0.29, 0.717) is 22.3 Å². The number of para-hydroxylation sites is 1. The zero-order valence-corrected chi connectivity index (χ0v) is 15.9. The lowest BCUT2D eigenvalue weighted by Gasteiger charge is -2.24. The van der Waals surface area contributed by atoms with Crippen LogP contribution in [-0.2, 0) is 0 Å². The van der Waals surface area contributed by atoms with Crippen molar-refractivity contribution in [3.05, 3.63) is 47.7 Å². The van der Waals surface area contributed by atoms with E-state index >= 15 is 0 Å². The summed E-state index contributed by atoms with van der Waals surface area (Å²) in [7, 11) is 4.25. The van der Waals surface area contributed by atoms with Crippen molar-refractivity contribution >= 4 is 16.6 Å².